The van der Waals surface area contributed by atoms with E-state index in [4.69, 9.17) is 4.42 Å². The normalized spacial score (nSPS) is 11.0. The predicted octanol–water partition coefficient (Wildman–Crippen LogP) is 1.90. The first-order valence-corrected chi connectivity index (χ1v) is 7.98. The van der Waals surface area contributed by atoms with Crippen LogP contribution in [0.25, 0.3) is 11.1 Å². The summed E-state index contributed by atoms with van der Waals surface area (Å²) in [6.07, 6.45) is 5.08. The molecule has 3 aromatic rings. The molecule has 8 nitrogen and oxygen atoms in total. The molecule has 0 atom stereocenters. The van der Waals surface area contributed by atoms with Crippen LogP contribution in [0.5, 0.6) is 0 Å². The van der Waals surface area contributed by atoms with Crippen LogP contribution in [0.3, 0.4) is 0 Å². The highest BCUT2D eigenvalue weighted by molar-refractivity contribution is 6.39. The van der Waals surface area contributed by atoms with Gasteiger partial charge in [0.1, 0.15) is 5.52 Å². The molecule has 2 amide bonds. The molecule has 8 heteroatoms. The third-order valence-corrected chi connectivity index (χ3v) is 3.58. The van der Waals surface area contributed by atoms with E-state index < -0.39 is 11.8 Å². The fourth-order valence-corrected chi connectivity index (χ4v) is 2.26. The van der Waals surface area contributed by atoms with Crippen molar-refractivity contribution in [2.75, 3.05) is 11.9 Å². The van der Waals surface area contributed by atoms with Gasteiger partial charge in [-0.2, -0.15) is 0 Å². The zero-order valence-electron chi connectivity index (χ0n) is 14.0. The van der Waals surface area contributed by atoms with Gasteiger partial charge in [-0.15, -0.1) is 0 Å². The van der Waals surface area contributed by atoms with Gasteiger partial charge in [-0.05, 0) is 18.2 Å². The minimum Gasteiger partial charge on any atom is -0.440 e. The van der Waals surface area contributed by atoms with E-state index in [0.717, 1.165) is 0 Å². The second kappa shape index (κ2) is 7.16. The van der Waals surface area contributed by atoms with E-state index >= 15 is 0 Å². The van der Waals surface area contributed by atoms with Crippen molar-refractivity contribution < 1.29 is 14.0 Å². The van der Waals surface area contributed by atoms with Gasteiger partial charge in [0.15, 0.2) is 11.5 Å². The zero-order valence-corrected chi connectivity index (χ0v) is 14.0. The Hall–Kier alpha value is -3.16. The largest absolute Gasteiger partial charge is 0.440 e. The molecular formula is C17H19N5O3. The summed E-state index contributed by atoms with van der Waals surface area (Å²) in [5, 5.41) is 5.13. The van der Waals surface area contributed by atoms with Gasteiger partial charge in [-0.1, -0.05) is 13.8 Å². The summed E-state index contributed by atoms with van der Waals surface area (Å²) in [6, 6.07) is 5.08. The Bertz CT molecular complexity index is 883. The highest BCUT2D eigenvalue weighted by atomic mass is 16.3. The molecule has 0 radical (unpaired) electrons. The van der Waals surface area contributed by atoms with Crippen molar-refractivity contribution in [3.8, 4) is 0 Å². The van der Waals surface area contributed by atoms with E-state index in [1.807, 2.05) is 18.4 Å². The first kappa shape index (κ1) is 16.7. The number of benzene rings is 1. The Labute approximate surface area is 144 Å². The number of oxazole rings is 1. The molecule has 0 aliphatic rings. The minimum atomic E-state index is -0.724. The quantitative estimate of drug-likeness (QED) is 0.690. The van der Waals surface area contributed by atoms with Crippen LogP contribution in [0, 0.1) is 0 Å². The minimum absolute atomic E-state index is 0.173. The Morgan fingerprint density at radius 2 is 2.12 bits per heavy atom. The molecule has 2 N–H and O–H groups in total. The lowest BCUT2D eigenvalue weighted by Gasteiger charge is -2.06. The summed E-state index contributed by atoms with van der Waals surface area (Å²) in [6.45, 7) is 4.85. The van der Waals surface area contributed by atoms with E-state index in [1.165, 1.54) is 0 Å². The average Bonchev–Trinajstić information content (AvgIpc) is 3.23. The van der Waals surface area contributed by atoms with Crippen LogP contribution in [0.2, 0.25) is 0 Å². The second-order valence-corrected chi connectivity index (χ2v) is 5.90. The number of nitrogens with zero attached hydrogens (tertiary/aromatic N) is 3. The van der Waals surface area contributed by atoms with Gasteiger partial charge in [-0.3, -0.25) is 9.59 Å². The van der Waals surface area contributed by atoms with Crippen LogP contribution in [0.1, 0.15) is 25.7 Å². The highest BCUT2D eigenvalue weighted by Crippen LogP contribution is 2.23. The van der Waals surface area contributed by atoms with Crippen LogP contribution in [0.4, 0.5) is 5.69 Å². The number of hydrogen-bond acceptors (Lipinski definition) is 5. The van der Waals surface area contributed by atoms with Crippen LogP contribution >= 0.6 is 0 Å². The lowest BCUT2D eigenvalue weighted by Crippen LogP contribution is -2.37. The lowest BCUT2D eigenvalue weighted by atomic mass is 10.2. The van der Waals surface area contributed by atoms with Gasteiger partial charge in [0.05, 0.1) is 6.33 Å². The molecule has 0 aliphatic heterocycles. The molecule has 0 unspecified atom stereocenters. The van der Waals surface area contributed by atoms with E-state index in [1.54, 1.807) is 36.9 Å². The van der Waals surface area contributed by atoms with Crippen molar-refractivity contribution in [1.82, 2.24) is 19.9 Å². The van der Waals surface area contributed by atoms with E-state index in [2.05, 4.69) is 20.6 Å². The number of hydrogen-bond donors (Lipinski definition) is 2. The summed E-state index contributed by atoms with van der Waals surface area (Å²) >= 11 is 0. The lowest BCUT2D eigenvalue weighted by molar-refractivity contribution is -0.136. The van der Waals surface area contributed by atoms with Crippen LogP contribution in [-0.4, -0.2) is 32.9 Å². The molecular weight excluding hydrogens is 322 g/mol. The smallest absolute Gasteiger partial charge is 0.313 e. The number of fused-ring (bicyclic) bond motifs is 1. The van der Waals surface area contributed by atoms with Gasteiger partial charge in [0, 0.05) is 37.1 Å². The van der Waals surface area contributed by atoms with Crippen LogP contribution in [0.15, 0.2) is 41.3 Å². The number of carbonyl (C=O) groups is 2. The Morgan fingerprint density at radius 1 is 1.28 bits per heavy atom. The molecule has 0 aliphatic carbocycles. The average molecular weight is 341 g/mol. The second-order valence-electron chi connectivity index (χ2n) is 5.90. The first-order chi connectivity index (χ1) is 12.0. The molecule has 130 valence electrons. The van der Waals surface area contributed by atoms with Crippen molar-refractivity contribution in [2.45, 2.75) is 26.3 Å². The summed E-state index contributed by atoms with van der Waals surface area (Å²) in [4.78, 5) is 32.1. The van der Waals surface area contributed by atoms with E-state index in [9.17, 15) is 9.59 Å². The van der Waals surface area contributed by atoms with Gasteiger partial charge < -0.3 is 19.6 Å². The van der Waals surface area contributed by atoms with Gasteiger partial charge in [0.25, 0.3) is 0 Å². The van der Waals surface area contributed by atoms with Crippen molar-refractivity contribution in [3.63, 3.8) is 0 Å². The molecule has 3 rings (SSSR count). The fraction of sp³-hybridized carbons (Fsp3) is 0.294. The number of amides is 2. The zero-order chi connectivity index (χ0) is 17.8. The Morgan fingerprint density at radius 3 is 2.84 bits per heavy atom. The maximum absolute atomic E-state index is 12.0. The molecule has 0 saturated carbocycles. The number of aromatic nitrogens is 3. The molecule has 25 heavy (non-hydrogen) atoms. The standard InChI is InChI=1S/C17H19N5O3/c1-11(2)17-21-13-9-12(3-4-14(13)25-17)20-16(24)15(23)19-6-8-22-7-5-18-10-22/h3-5,7,9-11H,6,8H2,1-2H3,(H,19,23)(H,20,24). The molecule has 0 spiro atoms. The number of rotatable bonds is 5. The van der Waals surface area contributed by atoms with Gasteiger partial charge in [-0.25, -0.2) is 9.97 Å². The van der Waals surface area contributed by atoms with Gasteiger partial charge in [0.2, 0.25) is 0 Å². The summed E-state index contributed by atoms with van der Waals surface area (Å²) < 4.78 is 7.42. The third kappa shape index (κ3) is 4.03. The van der Waals surface area contributed by atoms with Gasteiger partial charge >= 0.3 is 11.8 Å². The maximum Gasteiger partial charge on any atom is 0.313 e. The number of imidazole rings is 1. The highest BCUT2D eigenvalue weighted by Gasteiger charge is 2.15. The van der Waals surface area contributed by atoms with E-state index in [-0.39, 0.29) is 5.92 Å². The fourth-order valence-electron chi connectivity index (χ4n) is 2.26. The predicted molar refractivity (Wildman–Crippen MR) is 92.0 cm³/mol. The summed E-state index contributed by atoms with van der Waals surface area (Å²) in [7, 11) is 0. The third-order valence-electron chi connectivity index (χ3n) is 3.58. The van der Waals surface area contributed by atoms with Crippen LogP contribution < -0.4 is 10.6 Å². The van der Waals surface area contributed by atoms with Crippen molar-refractivity contribution in [1.29, 1.82) is 0 Å². The molecule has 1 aromatic carbocycles. The molecule has 0 bridgehead atoms. The molecule has 2 heterocycles. The van der Waals surface area contributed by atoms with Crippen molar-refractivity contribution in [2.24, 2.45) is 0 Å². The number of anilines is 1. The van der Waals surface area contributed by atoms with Crippen LogP contribution in [-0.2, 0) is 16.1 Å². The SMILES string of the molecule is CC(C)c1nc2cc(NC(=O)C(=O)NCCn3ccnc3)ccc2o1. The molecule has 0 fully saturated rings. The Kier molecular flexibility index (Phi) is 4.78. The molecule has 2 aromatic heterocycles. The van der Waals surface area contributed by atoms with Crippen molar-refractivity contribution in [3.05, 3.63) is 42.8 Å². The number of carbonyl (C=O) groups excluding carboxylic acids is 2. The summed E-state index contributed by atoms with van der Waals surface area (Å²) in [5.74, 6) is -0.608. The molecule has 0 saturated heterocycles. The number of nitrogens with one attached hydrogen (secondary N) is 2. The van der Waals surface area contributed by atoms with Crippen molar-refractivity contribution >= 4 is 28.6 Å². The Balaban J connectivity index is 1.57. The monoisotopic (exact) mass is 341 g/mol. The first-order valence-electron chi connectivity index (χ1n) is 7.98. The van der Waals surface area contributed by atoms with E-state index in [0.29, 0.717) is 35.8 Å². The maximum atomic E-state index is 12.0. The summed E-state index contributed by atoms with van der Waals surface area (Å²) in [5.41, 5.74) is 1.78. The topological polar surface area (TPSA) is 102 Å².